The van der Waals surface area contributed by atoms with E-state index in [4.69, 9.17) is 0 Å². The van der Waals surface area contributed by atoms with Crippen molar-refractivity contribution < 1.29 is 0 Å². The van der Waals surface area contributed by atoms with Crippen LogP contribution in [-0.4, -0.2) is 26.5 Å². The van der Waals surface area contributed by atoms with E-state index in [0.29, 0.717) is 0 Å². The Labute approximate surface area is 137 Å². The Hall–Kier alpha value is -1.61. The van der Waals surface area contributed by atoms with Gasteiger partial charge in [-0.2, -0.15) is 0 Å². The van der Waals surface area contributed by atoms with E-state index in [0.717, 1.165) is 42.9 Å². The SMILES string of the molecule is C=C(/C=C\CCC)C/C=C\C(C)C(=C)NC(CCNC)=NC. The van der Waals surface area contributed by atoms with E-state index in [-0.39, 0.29) is 5.92 Å². The van der Waals surface area contributed by atoms with Gasteiger partial charge in [-0.3, -0.25) is 4.99 Å². The van der Waals surface area contributed by atoms with Crippen LogP contribution in [0.5, 0.6) is 0 Å². The van der Waals surface area contributed by atoms with Gasteiger partial charge in [0.25, 0.3) is 0 Å². The summed E-state index contributed by atoms with van der Waals surface area (Å²) in [5.41, 5.74) is 2.11. The molecule has 3 heteroatoms. The number of nitrogens with zero attached hydrogens (tertiary/aromatic N) is 1. The highest BCUT2D eigenvalue weighted by molar-refractivity contribution is 5.83. The van der Waals surface area contributed by atoms with Crippen molar-refractivity contribution in [2.45, 2.75) is 39.5 Å². The molecule has 1 unspecified atom stereocenters. The Morgan fingerprint density at radius 3 is 2.59 bits per heavy atom. The molecule has 0 amide bonds. The molecule has 0 heterocycles. The lowest BCUT2D eigenvalue weighted by atomic mass is 10.1. The highest BCUT2D eigenvalue weighted by Crippen LogP contribution is 2.10. The quantitative estimate of drug-likeness (QED) is 0.259. The molecule has 1 atom stereocenters. The van der Waals surface area contributed by atoms with Gasteiger partial charge in [-0.25, -0.2) is 0 Å². The van der Waals surface area contributed by atoms with Crippen LogP contribution in [0.25, 0.3) is 0 Å². The lowest BCUT2D eigenvalue weighted by Crippen LogP contribution is -2.28. The fraction of sp³-hybridized carbons (Fsp3) is 0.526. The van der Waals surface area contributed by atoms with Crippen LogP contribution >= 0.6 is 0 Å². The predicted octanol–water partition coefficient (Wildman–Crippen LogP) is 4.22. The molecule has 0 saturated carbocycles. The molecular formula is C19H33N3. The second-order valence-corrected chi connectivity index (χ2v) is 5.44. The first-order valence-corrected chi connectivity index (χ1v) is 8.12. The maximum Gasteiger partial charge on any atom is 0.101 e. The van der Waals surface area contributed by atoms with E-state index in [1.54, 1.807) is 7.05 Å². The number of hydrogen-bond donors (Lipinski definition) is 2. The summed E-state index contributed by atoms with van der Waals surface area (Å²) in [6, 6.07) is 0. The molecule has 0 aliphatic carbocycles. The van der Waals surface area contributed by atoms with Crippen molar-refractivity contribution in [1.82, 2.24) is 10.6 Å². The molecule has 0 aromatic rings. The van der Waals surface area contributed by atoms with Crippen molar-refractivity contribution in [2.75, 3.05) is 20.6 Å². The zero-order chi connectivity index (χ0) is 16.8. The maximum atomic E-state index is 4.26. The molecule has 22 heavy (non-hydrogen) atoms. The standard InChI is InChI=1S/C19H33N3/c1-7-8-9-11-16(2)12-10-13-17(3)18(4)22-19(21-6)14-15-20-5/h9-11,13,17,20H,2,4,7-8,12,14-15H2,1,3,5-6H3,(H,21,22)/b11-9-,13-10-. The van der Waals surface area contributed by atoms with Crippen LogP contribution in [0.4, 0.5) is 0 Å². The molecule has 0 aliphatic rings. The van der Waals surface area contributed by atoms with Gasteiger partial charge in [0.1, 0.15) is 5.84 Å². The van der Waals surface area contributed by atoms with Gasteiger partial charge in [0.2, 0.25) is 0 Å². The van der Waals surface area contributed by atoms with E-state index in [9.17, 15) is 0 Å². The van der Waals surface area contributed by atoms with Gasteiger partial charge in [0.15, 0.2) is 0 Å². The van der Waals surface area contributed by atoms with Crippen LogP contribution in [0.15, 0.2) is 53.7 Å². The largest absolute Gasteiger partial charge is 0.348 e. The molecule has 0 aromatic heterocycles. The molecule has 124 valence electrons. The lowest BCUT2D eigenvalue weighted by Gasteiger charge is -2.15. The van der Waals surface area contributed by atoms with Gasteiger partial charge in [-0.1, -0.05) is 63.3 Å². The molecular weight excluding hydrogens is 270 g/mol. The molecule has 0 bridgehead atoms. The van der Waals surface area contributed by atoms with Gasteiger partial charge in [0, 0.05) is 31.6 Å². The molecule has 0 rings (SSSR count). The van der Waals surface area contributed by atoms with E-state index >= 15 is 0 Å². The normalized spacial score (nSPS) is 13.7. The number of nitrogens with one attached hydrogen (secondary N) is 2. The summed E-state index contributed by atoms with van der Waals surface area (Å²) in [7, 11) is 3.74. The second-order valence-electron chi connectivity index (χ2n) is 5.44. The van der Waals surface area contributed by atoms with Crippen molar-refractivity contribution in [2.24, 2.45) is 10.9 Å². The fourth-order valence-corrected chi connectivity index (χ4v) is 1.80. The van der Waals surface area contributed by atoms with E-state index < -0.39 is 0 Å². The summed E-state index contributed by atoms with van der Waals surface area (Å²) < 4.78 is 0. The van der Waals surface area contributed by atoms with E-state index in [1.807, 2.05) is 7.05 Å². The number of amidine groups is 1. The van der Waals surface area contributed by atoms with Gasteiger partial charge in [-0.15, -0.1) is 0 Å². The number of rotatable bonds is 11. The summed E-state index contributed by atoms with van der Waals surface area (Å²) in [6.07, 6.45) is 12.7. The summed E-state index contributed by atoms with van der Waals surface area (Å²) in [6.45, 7) is 13.4. The number of unbranched alkanes of at least 4 members (excludes halogenated alkanes) is 1. The van der Waals surface area contributed by atoms with Gasteiger partial charge in [0.05, 0.1) is 0 Å². The lowest BCUT2D eigenvalue weighted by molar-refractivity contribution is 0.773. The molecule has 3 nitrogen and oxygen atoms in total. The molecule has 2 N–H and O–H groups in total. The summed E-state index contributed by atoms with van der Waals surface area (Å²) in [5.74, 6) is 1.23. The van der Waals surface area contributed by atoms with Crippen LogP contribution in [-0.2, 0) is 0 Å². The topological polar surface area (TPSA) is 36.4 Å². The third kappa shape index (κ3) is 10.2. The minimum atomic E-state index is 0.263. The molecule has 0 radical (unpaired) electrons. The van der Waals surface area contributed by atoms with Gasteiger partial charge >= 0.3 is 0 Å². The van der Waals surface area contributed by atoms with Crippen LogP contribution in [0.3, 0.4) is 0 Å². The number of allylic oxidation sites excluding steroid dienone is 5. The Kier molecular flexibility index (Phi) is 12.1. The first-order chi connectivity index (χ1) is 10.5. The highest BCUT2D eigenvalue weighted by atomic mass is 15.0. The highest BCUT2D eigenvalue weighted by Gasteiger charge is 2.05. The van der Waals surface area contributed by atoms with Crippen LogP contribution in [0.1, 0.15) is 39.5 Å². The molecule has 0 saturated heterocycles. The van der Waals surface area contributed by atoms with E-state index in [1.165, 1.54) is 6.42 Å². The van der Waals surface area contributed by atoms with Crippen molar-refractivity contribution >= 4 is 5.84 Å². The summed E-state index contributed by atoms with van der Waals surface area (Å²) in [4.78, 5) is 4.26. The van der Waals surface area contributed by atoms with Gasteiger partial charge < -0.3 is 10.6 Å². The summed E-state index contributed by atoms with van der Waals surface area (Å²) in [5, 5.41) is 6.43. The first kappa shape index (κ1) is 20.4. The Morgan fingerprint density at radius 1 is 1.27 bits per heavy atom. The zero-order valence-corrected chi connectivity index (χ0v) is 14.8. The average molecular weight is 303 g/mol. The first-order valence-electron chi connectivity index (χ1n) is 8.12. The minimum absolute atomic E-state index is 0.263. The minimum Gasteiger partial charge on any atom is -0.348 e. The Morgan fingerprint density at radius 2 is 2.00 bits per heavy atom. The van der Waals surface area contributed by atoms with Crippen molar-refractivity contribution in [3.05, 3.63) is 48.7 Å². The molecule has 0 spiro atoms. The Balaban J connectivity index is 4.23. The van der Waals surface area contributed by atoms with Crippen LogP contribution in [0.2, 0.25) is 0 Å². The molecule has 0 aromatic carbocycles. The van der Waals surface area contributed by atoms with Crippen molar-refractivity contribution in [3.63, 3.8) is 0 Å². The smallest absolute Gasteiger partial charge is 0.101 e. The zero-order valence-electron chi connectivity index (χ0n) is 14.8. The van der Waals surface area contributed by atoms with Crippen LogP contribution < -0.4 is 10.6 Å². The molecule has 0 fully saturated rings. The van der Waals surface area contributed by atoms with E-state index in [2.05, 4.69) is 66.9 Å². The maximum absolute atomic E-state index is 4.26. The monoisotopic (exact) mass is 303 g/mol. The average Bonchev–Trinajstić information content (AvgIpc) is 2.51. The fourth-order valence-electron chi connectivity index (χ4n) is 1.80. The molecule has 0 aliphatic heterocycles. The number of aliphatic imine (C=N–C) groups is 1. The third-order valence-electron chi connectivity index (χ3n) is 3.35. The van der Waals surface area contributed by atoms with Crippen LogP contribution in [0, 0.1) is 5.92 Å². The van der Waals surface area contributed by atoms with Crippen molar-refractivity contribution in [3.8, 4) is 0 Å². The second kappa shape index (κ2) is 13.1. The summed E-state index contributed by atoms with van der Waals surface area (Å²) >= 11 is 0. The van der Waals surface area contributed by atoms with Crippen molar-refractivity contribution in [1.29, 1.82) is 0 Å². The van der Waals surface area contributed by atoms with Gasteiger partial charge in [-0.05, 0) is 19.9 Å². The third-order valence-corrected chi connectivity index (χ3v) is 3.35. The Bertz CT molecular complexity index is 416. The predicted molar refractivity (Wildman–Crippen MR) is 100 cm³/mol. The number of hydrogen-bond acceptors (Lipinski definition) is 2.